The summed E-state index contributed by atoms with van der Waals surface area (Å²) in [4.78, 5) is 28.8. The van der Waals surface area contributed by atoms with Crippen molar-refractivity contribution in [1.29, 1.82) is 10.5 Å². The van der Waals surface area contributed by atoms with E-state index >= 15 is 0 Å². The molecule has 0 bridgehead atoms. The van der Waals surface area contributed by atoms with Crippen LogP contribution in [0.25, 0.3) is 16.6 Å². The van der Waals surface area contributed by atoms with Gasteiger partial charge in [0, 0.05) is 10.9 Å². The van der Waals surface area contributed by atoms with Gasteiger partial charge in [0.25, 0.3) is 5.91 Å². The molecular weight excluding hydrogens is 516 g/mol. The molecule has 5 rings (SSSR count). The monoisotopic (exact) mass is 546 g/mol. The molecule has 0 unspecified atom stereocenters. The lowest BCUT2D eigenvalue weighted by atomic mass is 10.1. The second-order valence-corrected chi connectivity index (χ2v) is 9.90. The third-order valence-electron chi connectivity index (χ3n) is 7.34. The van der Waals surface area contributed by atoms with Gasteiger partial charge in [0.15, 0.2) is 0 Å². The number of para-hydroxylation sites is 4. The average molecular weight is 547 g/mol. The SMILES string of the molecule is CCN[C@@H](C)C(=O)N[C@@H]1C(=O)N(Cc2c(C#N)n(-c3ccccc3C#N)c3ccccc23)c2ccccc2O[C@H]1C. The summed E-state index contributed by atoms with van der Waals surface area (Å²) in [5.74, 6) is -0.159. The van der Waals surface area contributed by atoms with Crippen molar-refractivity contribution in [3.05, 3.63) is 89.6 Å². The number of aromatic nitrogens is 1. The Kier molecular flexibility index (Phi) is 7.73. The van der Waals surface area contributed by atoms with Crippen molar-refractivity contribution in [2.75, 3.05) is 11.4 Å². The quantitative estimate of drug-likeness (QED) is 0.359. The number of anilines is 1. The molecule has 3 aromatic carbocycles. The van der Waals surface area contributed by atoms with Crippen LogP contribution in [0.4, 0.5) is 5.69 Å². The largest absolute Gasteiger partial charge is 0.486 e. The van der Waals surface area contributed by atoms with Gasteiger partial charge in [0.1, 0.15) is 35.7 Å². The predicted molar refractivity (Wildman–Crippen MR) is 155 cm³/mol. The van der Waals surface area contributed by atoms with Crippen LogP contribution in [0.2, 0.25) is 0 Å². The van der Waals surface area contributed by atoms with E-state index in [1.165, 1.54) is 0 Å². The summed E-state index contributed by atoms with van der Waals surface area (Å²) in [6, 6.07) is 25.0. The van der Waals surface area contributed by atoms with Gasteiger partial charge in [0.2, 0.25) is 5.91 Å². The fourth-order valence-electron chi connectivity index (χ4n) is 5.31. The van der Waals surface area contributed by atoms with E-state index in [0.717, 1.165) is 10.9 Å². The van der Waals surface area contributed by atoms with Crippen LogP contribution < -0.4 is 20.3 Å². The van der Waals surface area contributed by atoms with Gasteiger partial charge in [-0.1, -0.05) is 49.4 Å². The zero-order valence-electron chi connectivity index (χ0n) is 23.1. The number of nitrogens with zero attached hydrogens (tertiary/aromatic N) is 4. The van der Waals surface area contributed by atoms with Gasteiger partial charge in [0.05, 0.1) is 35.0 Å². The van der Waals surface area contributed by atoms with Crippen LogP contribution >= 0.6 is 0 Å². The van der Waals surface area contributed by atoms with Crippen molar-refractivity contribution in [3.8, 4) is 23.6 Å². The van der Waals surface area contributed by atoms with Crippen molar-refractivity contribution in [1.82, 2.24) is 15.2 Å². The Morgan fingerprint density at radius 2 is 1.68 bits per heavy atom. The number of hydrogen-bond acceptors (Lipinski definition) is 6. The van der Waals surface area contributed by atoms with Gasteiger partial charge in [-0.2, -0.15) is 10.5 Å². The topological polar surface area (TPSA) is 123 Å². The van der Waals surface area contributed by atoms with Gasteiger partial charge in [-0.05, 0) is 50.7 Å². The second kappa shape index (κ2) is 11.5. The molecule has 0 aliphatic carbocycles. The zero-order chi connectivity index (χ0) is 29.1. The first-order valence-corrected chi connectivity index (χ1v) is 13.5. The van der Waals surface area contributed by atoms with Crippen LogP contribution in [-0.2, 0) is 16.1 Å². The lowest BCUT2D eigenvalue weighted by molar-refractivity contribution is -0.130. The molecule has 0 saturated heterocycles. The molecule has 1 aromatic heterocycles. The highest BCUT2D eigenvalue weighted by atomic mass is 16.5. The van der Waals surface area contributed by atoms with Crippen molar-refractivity contribution >= 4 is 28.4 Å². The molecule has 2 heterocycles. The molecule has 9 nitrogen and oxygen atoms in total. The first-order chi connectivity index (χ1) is 19.9. The van der Waals surface area contributed by atoms with Gasteiger partial charge >= 0.3 is 0 Å². The number of carbonyl (C=O) groups is 2. The number of nitrogens with one attached hydrogen (secondary N) is 2. The van der Waals surface area contributed by atoms with E-state index in [2.05, 4.69) is 22.8 Å². The molecule has 1 aliphatic rings. The fourth-order valence-corrected chi connectivity index (χ4v) is 5.31. The third kappa shape index (κ3) is 5.00. The first-order valence-electron chi connectivity index (χ1n) is 13.5. The molecular formula is C32H30N6O3. The molecule has 3 atom stereocenters. The normalized spacial score (nSPS) is 17.1. The summed E-state index contributed by atoms with van der Waals surface area (Å²) in [5.41, 5.74) is 3.23. The van der Waals surface area contributed by atoms with Crippen LogP contribution in [0.5, 0.6) is 5.75 Å². The van der Waals surface area contributed by atoms with E-state index in [1.807, 2.05) is 49.4 Å². The summed E-state index contributed by atoms with van der Waals surface area (Å²) in [6.45, 7) is 6.06. The molecule has 9 heteroatoms. The van der Waals surface area contributed by atoms with Crippen molar-refractivity contribution in [2.45, 2.75) is 45.5 Å². The Bertz CT molecular complexity index is 1710. The molecule has 0 spiro atoms. The number of carbonyl (C=O) groups excluding carboxylic acids is 2. The number of amides is 2. The summed E-state index contributed by atoms with van der Waals surface area (Å²) in [6.07, 6.45) is -0.647. The van der Waals surface area contributed by atoms with Gasteiger partial charge in [-0.3, -0.25) is 14.2 Å². The molecule has 0 radical (unpaired) electrons. The Balaban J connectivity index is 1.65. The minimum absolute atomic E-state index is 0.0478. The Hall–Kier alpha value is -5.12. The number of benzene rings is 3. The number of hydrogen-bond donors (Lipinski definition) is 2. The summed E-state index contributed by atoms with van der Waals surface area (Å²) in [7, 11) is 0. The van der Waals surface area contributed by atoms with E-state index in [9.17, 15) is 20.1 Å². The number of rotatable bonds is 7. The number of fused-ring (bicyclic) bond motifs is 2. The zero-order valence-corrected chi connectivity index (χ0v) is 23.1. The smallest absolute Gasteiger partial charge is 0.253 e. The number of nitriles is 2. The Labute approximate surface area is 238 Å². The second-order valence-electron chi connectivity index (χ2n) is 9.90. The van der Waals surface area contributed by atoms with Crippen LogP contribution in [-0.4, -0.2) is 41.1 Å². The van der Waals surface area contributed by atoms with E-state index < -0.39 is 18.2 Å². The van der Waals surface area contributed by atoms with Crippen molar-refractivity contribution in [2.24, 2.45) is 0 Å². The number of ether oxygens (including phenoxy) is 1. The van der Waals surface area contributed by atoms with Crippen molar-refractivity contribution < 1.29 is 14.3 Å². The van der Waals surface area contributed by atoms with Crippen LogP contribution in [0.3, 0.4) is 0 Å². The molecule has 0 fully saturated rings. The van der Waals surface area contributed by atoms with Crippen molar-refractivity contribution in [3.63, 3.8) is 0 Å². The maximum Gasteiger partial charge on any atom is 0.253 e. The lowest BCUT2D eigenvalue weighted by Gasteiger charge is -2.27. The van der Waals surface area contributed by atoms with Gasteiger partial charge in [-0.15, -0.1) is 0 Å². The standard InChI is InChI=1S/C32H30N6O3/c1-4-35-20(2)31(39)36-30-21(3)41-29-16-10-9-15-27(29)37(32(30)40)19-24-23-12-6-8-14-26(23)38(28(24)18-34)25-13-7-5-11-22(25)17-33/h5-16,20-21,30,35H,4,19H2,1-3H3,(H,36,39)/t20-,21-,30-/m0/s1. The Morgan fingerprint density at radius 1 is 1.00 bits per heavy atom. The maximum absolute atomic E-state index is 14.2. The van der Waals surface area contributed by atoms with Crippen LogP contribution in [0, 0.1) is 22.7 Å². The van der Waals surface area contributed by atoms with E-state index in [-0.39, 0.29) is 18.4 Å². The summed E-state index contributed by atoms with van der Waals surface area (Å²) < 4.78 is 7.97. The highest BCUT2D eigenvalue weighted by Gasteiger charge is 2.38. The molecule has 0 saturated carbocycles. The third-order valence-corrected chi connectivity index (χ3v) is 7.34. The highest BCUT2D eigenvalue weighted by Crippen LogP contribution is 2.37. The van der Waals surface area contributed by atoms with Crippen LogP contribution in [0.15, 0.2) is 72.8 Å². The molecule has 206 valence electrons. The molecule has 1 aliphatic heterocycles. The predicted octanol–water partition coefficient (Wildman–Crippen LogP) is 4.17. The average Bonchev–Trinajstić information content (AvgIpc) is 3.26. The van der Waals surface area contributed by atoms with Crippen LogP contribution in [0.1, 0.15) is 37.6 Å². The number of likely N-dealkylation sites (N-methyl/N-ethyl adjacent to an activating group) is 1. The molecule has 41 heavy (non-hydrogen) atoms. The maximum atomic E-state index is 14.2. The summed E-state index contributed by atoms with van der Waals surface area (Å²) in [5, 5.41) is 27.0. The van der Waals surface area contributed by atoms with Gasteiger partial charge < -0.3 is 20.3 Å². The lowest BCUT2D eigenvalue weighted by Crippen LogP contribution is -2.57. The fraction of sp³-hybridized carbons (Fsp3) is 0.250. The van der Waals surface area contributed by atoms with E-state index in [1.54, 1.807) is 53.6 Å². The molecule has 4 aromatic rings. The van der Waals surface area contributed by atoms with E-state index in [0.29, 0.717) is 40.5 Å². The highest BCUT2D eigenvalue weighted by molar-refractivity contribution is 6.02. The molecule has 2 amide bonds. The summed E-state index contributed by atoms with van der Waals surface area (Å²) >= 11 is 0. The minimum atomic E-state index is -0.964. The van der Waals surface area contributed by atoms with E-state index in [4.69, 9.17) is 4.74 Å². The first kappa shape index (κ1) is 27.4. The minimum Gasteiger partial charge on any atom is -0.486 e. The Morgan fingerprint density at radius 3 is 2.41 bits per heavy atom. The molecule has 2 N–H and O–H groups in total. The van der Waals surface area contributed by atoms with Gasteiger partial charge in [-0.25, -0.2) is 0 Å².